The standard InChI is InChI=1S/C9H28N8/c1-6(16-7(13)2-10)5-17(8(14)3-11)9(15)4-12/h6-9,16H,2-5,10-15H2,1H3. The summed E-state index contributed by atoms with van der Waals surface area (Å²) >= 11 is 0. The minimum absolute atomic E-state index is 0.101. The molecule has 0 aliphatic heterocycles. The second kappa shape index (κ2) is 8.72. The molecule has 17 heavy (non-hydrogen) atoms. The molecule has 0 aliphatic rings. The van der Waals surface area contributed by atoms with Gasteiger partial charge in [-0.05, 0) is 6.92 Å². The molecule has 0 amide bonds. The van der Waals surface area contributed by atoms with Gasteiger partial charge in [0, 0.05) is 32.2 Å². The average molecular weight is 248 g/mol. The maximum atomic E-state index is 5.89. The quantitative estimate of drug-likeness (QED) is 0.202. The molecule has 0 rings (SSSR count). The van der Waals surface area contributed by atoms with Crippen molar-refractivity contribution in [1.82, 2.24) is 10.2 Å². The third-order valence-electron chi connectivity index (χ3n) is 2.57. The van der Waals surface area contributed by atoms with Crippen molar-refractivity contribution in [3.63, 3.8) is 0 Å². The van der Waals surface area contributed by atoms with E-state index < -0.39 is 0 Å². The van der Waals surface area contributed by atoms with E-state index in [9.17, 15) is 0 Å². The maximum absolute atomic E-state index is 5.89. The Morgan fingerprint density at radius 3 is 1.76 bits per heavy atom. The van der Waals surface area contributed by atoms with Crippen LogP contribution in [0.2, 0.25) is 0 Å². The monoisotopic (exact) mass is 248 g/mol. The molecule has 8 heteroatoms. The number of rotatable bonds is 9. The Bertz CT molecular complexity index is 180. The molecule has 0 spiro atoms. The van der Waals surface area contributed by atoms with Gasteiger partial charge in [0.2, 0.25) is 0 Å². The van der Waals surface area contributed by atoms with Crippen molar-refractivity contribution in [3.8, 4) is 0 Å². The van der Waals surface area contributed by atoms with E-state index >= 15 is 0 Å². The summed E-state index contributed by atoms with van der Waals surface area (Å²) in [6.45, 7) is 3.61. The summed E-state index contributed by atoms with van der Waals surface area (Å²) in [5.74, 6) is 0. The Morgan fingerprint density at radius 2 is 1.41 bits per heavy atom. The third-order valence-corrected chi connectivity index (χ3v) is 2.57. The first kappa shape index (κ1) is 16.7. The molecule has 0 aromatic heterocycles. The molecule has 0 heterocycles. The summed E-state index contributed by atoms with van der Waals surface area (Å²) in [6.07, 6.45) is -0.867. The van der Waals surface area contributed by atoms with Gasteiger partial charge < -0.3 is 34.4 Å². The Labute approximate surface area is 103 Å². The fourth-order valence-corrected chi connectivity index (χ4v) is 1.59. The summed E-state index contributed by atoms with van der Waals surface area (Å²) in [4.78, 5) is 1.86. The number of nitrogens with zero attached hydrogens (tertiary/aromatic N) is 1. The van der Waals surface area contributed by atoms with Gasteiger partial charge in [0.25, 0.3) is 0 Å². The highest BCUT2D eigenvalue weighted by atomic mass is 15.3. The molecular weight excluding hydrogens is 220 g/mol. The van der Waals surface area contributed by atoms with Crippen LogP contribution in [0, 0.1) is 0 Å². The topological polar surface area (TPSA) is 171 Å². The lowest BCUT2D eigenvalue weighted by molar-refractivity contribution is 0.130. The predicted octanol–water partition coefficient (Wildman–Crippen LogP) is -4.00. The molecule has 0 aliphatic carbocycles. The van der Waals surface area contributed by atoms with E-state index in [4.69, 9.17) is 34.4 Å². The zero-order chi connectivity index (χ0) is 13.4. The van der Waals surface area contributed by atoms with Crippen molar-refractivity contribution in [3.05, 3.63) is 0 Å². The number of hydrogen-bond acceptors (Lipinski definition) is 8. The molecule has 0 aromatic carbocycles. The molecule has 4 unspecified atom stereocenters. The van der Waals surface area contributed by atoms with Gasteiger partial charge in [-0.1, -0.05) is 0 Å². The molecular formula is C9H28N8. The van der Waals surface area contributed by atoms with Gasteiger partial charge in [0.1, 0.15) is 0 Å². The van der Waals surface area contributed by atoms with Gasteiger partial charge in [0.15, 0.2) is 0 Å². The van der Waals surface area contributed by atoms with E-state index in [0.717, 1.165) is 0 Å². The van der Waals surface area contributed by atoms with Crippen LogP contribution in [0.5, 0.6) is 0 Å². The first-order valence-corrected chi connectivity index (χ1v) is 5.85. The first-order valence-electron chi connectivity index (χ1n) is 5.85. The average Bonchev–Trinajstić information content (AvgIpc) is 2.33. The zero-order valence-electron chi connectivity index (χ0n) is 10.5. The van der Waals surface area contributed by atoms with Gasteiger partial charge in [0.05, 0.1) is 18.5 Å². The highest BCUT2D eigenvalue weighted by Crippen LogP contribution is 1.99. The van der Waals surface area contributed by atoms with Crippen LogP contribution >= 0.6 is 0 Å². The van der Waals surface area contributed by atoms with Crippen LogP contribution in [-0.4, -0.2) is 55.6 Å². The van der Waals surface area contributed by atoms with Crippen LogP contribution in [0.4, 0.5) is 0 Å². The molecule has 0 radical (unpaired) electrons. The molecule has 0 fully saturated rings. The van der Waals surface area contributed by atoms with Crippen molar-refractivity contribution in [2.24, 2.45) is 34.4 Å². The molecule has 0 saturated heterocycles. The number of nitrogens with two attached hydrogens (primary N) is 6. The molecule has 0 aromatic rings. The lowest BCUT2D eigenvalue weighted by atomic mass is 10.2. The molecule has 104 valence electrons. The lowest BCUT2D eigenvalue weighted by Gasteiger charge is -2.35. The maximum Gasteiger partial charge on any atom is 0.0711 e. The van der Waals surface area contributed by atoms with Gasteiger partial charge in [-0.2, -0.15) is 0 Å². The summed E-state index contributed by atoms with van der Waals surface area (Å²) < 4.78 is 0. The van der Waals surface area contributed by atoms with Gasteiger partial charge in [-0.25, -0.2) is 0 Å². The highest BCUT2D eigenvalue weighted by Gasteiger charge is 2.21. The van der Waals surface area contributed by atoms with E-state index in [1.165, 1.54) is 0 Å². The minimum atomic E-state index is -0.313. The van der Waals surface area contributed by atoms with E-state index in [1.807, 2.05) is 11.8 Å². The minimum Gasteiger partial charge on any atom is -0.328 e. The molecule has 8 nitrogen and oxygen atoms in total. The van der Waals surface area contributed by atoms with Gasteiger partial charge >= 0.3 is 0 Å². The fourth-order valence-electron chi connectivity index (χ4n) is 1.59. The van der Waals surface area contributed by atoms with Crippen LogP contribution in [0.25, 0.3) is 0 Å². The molecule has 0 bridgehead atoms. The van der Waals surface area contributed by atoms with Crippen LogP contribution in [0.3, 0.4) is 0 Å². The third kappa shape index (κ3) is 6.24. The van der Waals surface area contributed by atoms with Crippen LogP contribution in [0.15, 0.2) is 0 Å². The Balaban J connectivity index is 4.32. The second-order valence-corrected chi connectivity index (χ2v) is 4.21. The molecule has 4 atom stereocenters. The van der Waals surface area contributed by atoms with Crippen molar-refractivity contribution in [1.29, 1.82) is 0 Å². The number of hydrogen-bond donors (Lipinski definition) is 7. The summed E-state index contributed by atoms with van der Waals surface area (Å²) in [6, 6.07) is 0.101. The zero-order valence-corrected chi connectivity index (χ0v) is 10.5. The smallest absolute Gasteiger partial charge is 0.0711 e. The summed E-state index contributed by atoms with van der Waals surface area (Å²) in [5.41, 5.74) is 34.0. The predicted molar refractivity (Wildman–Crippen MR) is 70.4 cm³/mol. The van der Waals surface area contributed by atoms with Crippen molar-refractivity contribution >= 4 is 0 Å². The van der Waals surface area contributed by atoms with Gasteiger partial charge in [-0.15, -0.1) is 0 Å². The molecule has 13 N–H and O–H groups in total. The second-order valence-electron chi connectivity index (χ2n) is 4.21. The van der Waals surface area contributed by atoms with Crippen molar-refractivity contribution < 1.29 is 0 Å². The highest BCUT2D eigenvalue weighted by molar-refractivity contribution is 4.78. The summed E-state index contributed by atoms with van der Waals surface area (Å²) in [5, 5.41) is 3.14. The Hall–Kier alpha value is -0.320. The van der Waals surface area contributed by atoms with E-state index in [0.29, 0.717) is 26.2 Å². The fraction of sp³-hybridized carbons (Fsp3) is 1.00. The largest absolute Gasteiger partial charge is 0.328 e. The Morgan fingerprint density at radius 1 is 0.941 bits per heavy atom. The van der Waals surface area contributed by atoms with Crippen LogP contribution < -0.4 is 39.7 Å². The number of nitrogens with one attached hydrogen (secondary N) is 1. The summed E-state index contributed by atoms with van der Waals surface area (Å²) in [7, 11) is 0. The van der Waals surface area contributed by atoms with Crippen molar-refractivity contribution in [2.45, 2.75) is 31.5 Å². The SMILES string of the molecule is CC(CN(C(N)CN)C(N)CN)NC(N)CN. The van der Waals surface area contributed by atoms with Crippen LogP contribution in [0.1, 0.15) is 6.92 Å². The normalized spacial score (nSPS) is 19.1. The van der Waals surface area contributed by atoms with Crippen molar-refractivity contribution in [2.75, 3.05) is 26.2 Å². The van der Waals surface area contributed by atoms with Gasteiger partial charge in [-0.3, -0.25) is 10.2 Å². The lowest BCUT2D eigenvalue weighted by Crippen LogP contribution is -2.61. The Kier molecular flexibility index (Phi) is 8.56. The first-order chi connectivity index (χ1) is 7.96. The molecule has 0 saturated carbocycles. The van der Waals surface area contributed by atoms with Crippen LogP contribution in [-0.2, 0) is 0 Å². The van der Waals surface area contributed by atoms with E-state index in [1.54, 1.807) is 0 Å². The van der Waals surface area contributed by atoms with E-state index in [2.05, 4.69) is 5.32 Å². The van der Waals surface area contributed by atoms with E-state index in [-0.39, 0.29) is 24.5 Å².